The maximum absolute atomic E-state index is 13.6. The van der Waals surface area contributed by atoms with Crippen molar-refractivity contribution in [3.8, 4) is 5.75 Å². The molecule has 1 N–H and O–H groups in total. The van der Waals surface area contributed by atoms with Crippen molar-refractivity contribution in [3.63, 3.8) is 0 Å². The summed E-state index contributed by atoms with van der Waals surface area (Å²) < 4.78 is 31.8. The van der Waals surface area contributed by atoms with Gasteiger partial charge in [-0.15, -0.1) is 0 Å². The van der Waals surface area contributed by atoms with Crippen LogP contribution in [0.3, 0.4) is 0 Å². The Hall–Kier alpha value is -3.07. The Balaban J connectivity index is 2.43. The molecule has 0 saturated heterocycles. The molecule has 1 unspecified atom stereocenters. The molecule has 0 radical (unpaired) electrons. The standard InChI is InChI=1S/C26H37N3O5S/c1-8-21-11-9-10-12-23(21)29(35(7,32)33)18-24(30)28(19(2)25(31)27-26(3,4)5)17-20-13-15-22(34-6)16-14-20/h9-16,19H,8,17-18H2,1-7H3,(H,27,31). The van der Waals surface area contributed by atoms with E-state index in [1.54, 1.807) is 38.3 Å². The highest BCUT2D eigenvalue weighted by molar-refractivity contribution is 7.92. The van der Waals surface area contributed by atoms with Gasteiger partial charge < -0.3 is 15.0 Å². The van der Waals surface area contributed by atoms with Crippen LogP contribution in [0.2, 0.25) is 0 Å². The number of nitrogens with zero attached hydrogens (tertiary/aromatic N) is 2. The van der Waals surface area contributed by atoms with Crippen molar-refractivity contribution in [3.05, 3.63) is 59.7 Å². The Bertz CT molecular complexity index is 1120. The molecule has 2 aromatic rings. The van der Waals surface area contributed by atoms with Crippen LogP contribution in [0.4, 0.5) is 5.69 Å². The second kappa shape index (κ2) is 11.6. The highest BCUT2D eigenvalue weighted by Gasteiger charge is 2.31. The van der Waals surface area contributed by atoms with Gasteiger partial charge >= 0.3 is 0 Å². The molecule has 0 aliphatic rings. The summed E-state index contributed by atoms with van der Waals surface area (Å²) in [6, 6.07) is 13.5. The molecular weight excluding hydrogens is 466 g/mol. The van der Waals surface area contributed by atoms with E-state index in [0.29, 0.717) is 17.9 Å². The highest BCUT2D eigenvalue weighted by atomic mass is 32.2. The van der Waals surface area contributed by atoms with Crippen molar-refractivity contribution in [1.29, 1.82) is 0 Å². The minimum atomic E-state index is -3.77. The second-order valence-corrected chi connectivity index (χ2v) is 11.4. The zero-order valence-electron chi connectivity index (χ0n) is 21.7. The average molecular weight is 504 g/mol. The van der Waals surface area contributed by atoms with Crippen molar-refractivity contribution in [2.75, 3.05) is 24.2 Å². The van der Waals surface area contributed by atoms with E-state index in [1.165, 1.54) is 4.90 Å². The lowest BCUT2D eigenvalue weighted by molar-refractivity contribution is -0.140. The normalized spacial score (nSPS) is 12.5. The minimum Gasteiger partial charge on any atom is -0.497 e. The maximum Gasteiger partial charge on any atom is 0.244 e. The quantitative estimate of drug-likeness (QED) is 0.536. The number of ether oxygens (including phenoxy) is 1. The van der Waals surface area contributed by atoms with Crippen LogP contribution in [0.1, 0.15) is 45.7 Å². The summed E-state index contributed by atoms with van der Waals surface area (Å²) in [4.78, 5) is 28.0. The fourth-order valence-corrected chi connectivity index (χ4v) is 4.51. The fourth-order valence-electron chi connectivity index (χ4n) is 3.63. The van der Waals surface area contributed by atoms with Crippen LogP contribution in [-0.2, 0) is 32.6 Å². The third kappa shape index (κ3) is 7.99. The number of sulfonamides is 1. The number of carbonyl (C=O) groups excluding carboxylic acids is 2. The average Bonchev–Trinajstić information content (AvgIpc) is 2.79. The van der Waals surface area contributed by atoms with E-state index in [4.69, 9.17) is 4.74 Å². The largest absolute Gasteiger partial charge is 0.497 e. The van der Waals surface area contributed by atoms with Crippen molar-refractivity contribution >= 4 is 27.5 Å². The van der Waals surface area contributed by atoms with Crippen molar-refractivity contribution in [1.82, 2.24) is 10.2 Å². The van der Waals surface area contributed by atoms with E-state index < -0.39 is 34.1 Å². The van der Waals surface area contributed by atoms with Crippen LogP contribution in [0, 0.1) is 0 Å². The van der Waals surface area contributed by atoms with Crippen LogP contribution in [0.5, 0.6) is 5.75 Å². The molecule has 0 aromatic heterocycles. The van der Waals surface area contributed by atoms with E-state index in [1.807, 2.05) is 52.0 Å². The molecule has 0 fully saturated rings. The molecule has 2 amide bonds. The molecule has 192 valence electrons. The fraction of sp³-hybridized carbons (Fsp3) is 0.462. The van der Waals surface area contributed by atoms with Crippen LogP contribution in [0.25, 0.3) is 0 Å². The third-order valence-corrected chi connectivity index (χ3v) is 6.62. The number of benzene rings is 2. The summed E-state index contributed by atoms with van der Waals surface area (Å²) in [6.07, 6.45) is 1.69. The van der Waals surface area contributed by atoms with Gasteiger partial charge in [0.05, 0.1) is 19.1 Å². The summed E-state index contributed by atoms with van der Waals surface area (Å²) in [5.41, 5.74) is 1.57. The van der Waals surface area contributed by atoms with Crippen molar-refractivity contribution in [2.45, 2.75) is 59.2 Å². The Labute approximate surface area is 209 Å². The molecular formula is C26H37N3O5S. The summed E-state index contributed by atoms with van der Waals surface area (Å²) in [6.45, 7) is 8.87. The molecule has 2 aromatic carbocycles. The molecule has 9 heteroatoms. The molecule has 8 nitrogen and oxygen atoms in total. The first-order valence-corrected chi connectivity index (χ1v) is 13.4. The molecule has 0 aliphatic carbocycles. The summed E-state index contributed by atoms with van der Waals surface area (Å²) in [7, 11) is -2.20. The van der Waals surface area contributed by atoms with Crippen LogP contribution in [0.15, 0.2) is 48.5 Å². The topological polar surface area (TPSA) is 96.0 Å². The van der Waals surface area contributed by atoms with Crippen molar-refractivity contribution in [2.24, 2.45) is 0 Å². The summed E-state index contributed by atoms with van der Waals surface area (Å²) >= 11 is 0. The zero-order chi connectivity index (χ0) is 26.4. The number of aryl methyl sites for hydroxylation is 1. The molecule has 0 heterocycles. The third-order valence-electron chi connectivity index (χ3n) is 5.50. The molecule has 0 spiro atoms. The molecule has 0 bridgehead atoms. The lowest BCUT2D eigenvalue weighted by Crippen LogP contribution is -2.54. The number of nitrogens with one attached hydrogen (secondary N) is 1. The van der Waals surface area contributed by atoms with Gasteiger partial charge in [-0.2, -0.15) is 0 Å². The smallest absolute Gasteiger partial charge is 0.244 e. The summed E-state index contributed by atoms with van der Waals surface area (Å²) in [5, 5.41) is 2.91. The Kier molecular flexibility index (Phi) is 9.31. The van der Waals surface area contributed by atoms with Gasteiger partial charge in [0.2, 0.25) is 21.8 Å². The van der Waals surface area contributed by atoms with E-state index in [0.717, 1.165) is 21.7 Å². The van der Waals surface area contributed by atoms with Gasteiger partial charge in [0, 0.05) is 12.1 Å². The first-order chi connectivity index (χ1) is 16.3. The summed E-state index contributed by atoms with van der Waals surface area (Å²) in [5.74, 6) is -0.127. The maximum atomic E-state index is 13.6. The molecule has 0 saturated carbocycles. The van der Waals surface area contributed by atoms with E-state index >= 15 is 0 Å². The Morgan fingerprint density at radius 1 is 1.06 bits per heavy atom. The lowest BCUT2D eigenvalue weighted by Gasteiger charge is -2.33. The molecule has 0 aliphatic heterocycles. The SMILES string of the molecule is CCc1ccccc1N(CC(=O)N(Cc1ccc(OC)cc1)C(C)C(=O)NC(C)(C)C)S(C)(=O)=O. The lowest BCUT2D eigenvalue weighted by atomic mass is 10.1. The van der Waals surface area contributed by atoms with Crippen LogP contribution in [-0.4, -0.2) is 56.6 Å². The number of carbonyl (C=O) groups is 2. The minimum absolute atomic E-state index is 0.134. The number of para-hydroxylation sites is 1. The van der Waals surface area contributed by atoms with Gasteiger partial charge in [0.15, 0.2) is 0 Å². The number of anilines is 1. The second-order valence-electron chi connectivity index (χ2n) is 9.54. The van der Waals surface area contributed by atoms with E-state index in [-0.39, 0.29) is 12.5 Å². The van der Waals surface area contributed by atoms with Gasteiger partial charge in [-0.25, -0.2) is 8.42 Å². The van der Waals surface area contributed by atoms with E-state index in [9.17, 15) is 18.0 Å². The van der Waals surface area contributed by atoms with Gasteiger partial charge in [0.1, 0.15) is 18.3 Å². The zero-order valence-corrected chi connectivity index (χ0v) is 22.5. The first-order valence-electron chi connectivity index (χ1n) is 11.6. The van der Waals surface area contributed by atoms with Crippen LogP contribution < -0.4 is 14.4 Å². The molecule has 35 heavy (non-hydrogen) atoms. The van der Waals surface area contributed by atoms with Gasteiger partial charge in [-0.3, -0.25) is 13.9 Å². The van der Waals surface area contributed by atoms with E-state index in [2.05, 4.69) is 5.32 Å². The molecule has 2 rings (SSSR count). The van der Waals surface area contributed by atoms with Crippen LogP contribution >= 0.6 is 0 Å². The predicted octanol–water partition coefficient (Wildman–Crippen LogP) is 3.36. The molecule has 1 atom stereocenters. The Morgan fingerprint density at radius 2 is 1.66 bits per heavy atom. The number of hydrogen-bond acceptors (Lipinski definition) is 5. The monoisotopic (exact) mass is 503 g/mol. The number of methoxy groups -OCH3 is 1. The van der Waals surface area contributed by atoms with Gasteiger partial charge in [-0.1, -0.05) is 37.3 Å². The van der Waals surface area contributed by atoms with Gasteiger partial charge in [-0.05, 0) is 63.4 Å². The Morgan fingerprint density at radius 3 is 2.17 bits per heavy atom. The highest BCUT2D eigenvalue weighted by Crippen LogP contribution is 2.24. The van der Waals surface area contributed by atoms with Gasteiger partial charge in [0.25, 0.3) is 0 Å². The number of hydrogen-bond donors (Lipinski definition) is 1. The van der Waals surface area contributed by atoms with Crippen molar-refractivity contribution < 1.29 is 22.7 Å². The number of amides is 2. The number of rotatable bonds is 10. The predicted molar refractivity (Wildman–Crippen MR) is 139 cm³/mol. The first kappa shape index (κ1) is 28.2.